The third-order valence-corrected chi connectivity index (χ3v) is 14.3. The van der Waals surface area contributed by atoms with Crippen LogP contribution in [0.25, 0.3) is 21.7 Å². The molecule has 3 N–H and O–H groups in total. The van der Waals surface area contributed by atoms with Crippen molar-refractivity contribution >= 4 is 53.0 Å². The largest absolute Gasteiger partial charge is 0.399 e. The van der Waals surface area contributed by atoms with Crippen LogP contribution in [0.15, 0.2) is 82.2 Å². The molecule has 5 heterocycles. The first-order chi connectivity index (χ1) is 29.4. The molecule has 62 heavy (non-hydrogen) atoms. The molecule has 3 aromatic carbocycles. The monoisotopic (exact) mass is 870 g/mol. The lowest BCUT2D eigenvalue weighted by molar-refractivity contribution is -0.140. The van der Waals surface area contributed by atoms with Gasteiger partial charge in [0.1, 0.15) is 6.04 Å². The smallest absolute Gasteiger partial charge is 0.355 e. The molecular weight excluding hydrogens is 825 g/mol. The van der Waals surface area contributed by atoms with Gasteiger partial charge in [-0.2, -0.15) is 8.78 Å². The maximum atomic E-state index is 14.9. The minimum absolute atomic E-state index is 0.00753. The zero-order chi connectivity index (χ0) is 43.9. The summed E-state index contributed by atoms with van der Waals surface area (Å²) in [6.07, 6.45) is 5.76. The van der Waals surface area contributed by atoms with Gasteiger partial charge in [-0.05, 0) is 98.2 Å². The van der Waals surface area contributed by atoms with Crippen LogP contribution in [0.1, 0.15) is 88.4 Å². The minimum atomic E-state index is -5.87. The van der Waals surface area contributed by atoms with E-state index in [9.17, 15) is 47.1 Å². The first kappa shape index (κ1) is 41.6. The van der Waals surface area contributed by atoms with Crippen molar-refractivity contribution in [1.82, 2.24) is 29.7 Å². The number of rotatable bonds is 8. The average Bonchev–Trinajstić information content (AvgIpc) is 3.51. The van der Waals surface area contributed by atoms with E-state index < -0.39 is 48.6 Å². The van der Waals surface area contributed by atoms with Crippen LogP contribution in [-0.4, -0.2) is 101 Å². The Bertz CT molecular complexity index is 2780. The first-order valence-corrected chi connectivity index (χ1v) is 22.3. The molecule has 4 aliphatic rings. The molecule has 324 valence electrons. The van der Waals surface area contributed by atoms with Gasteiger partial charge in [0.15, 0.2) is 11.3 Å². The lowest BCUT2D eigenvalue weighted by atomic mass is 9.96. The van der Waals surface area contributed by atoms with Crippen molar-refractivity contribution in [3.63, 3.8) is 0 Å². The van der Waals surface area contributed by atoms with Crippen LogP contribution in [0.5, 0.6) is 0 Å². The summed E-state index contributed by atoms with van der Waals surface area (Å²) in [6, 6.07) is 14.0. The highest BCUT2D eigenvalue weighted by Gasteiger charge is 2.57. The highest BCUT2D eigenvalue weighted by molar-refractivity contribution is 7.52. The third-order valence-electron chi connectivity index (χ3n) is 13.3. The number of fused-ring (bicyclic) bond motifs is 3. The van der Waals surface area contributed by atoms with Crippen molar-refractivity contribution in [1.29, 1.82) is 0 Å². The summed E-state index contributed by atoms with van der Waals surface area (Å²) >= 11 is 0. The molecule has 4 atom stereocenters. The standard InChI is InChI=1S/C44H45F2N6O9P/c1-25-3-10-36-34(17-25)39(48-61-36)42(57)50-16-12-32-8-9-33(21-38(54)51-23-30(22-43(51)13-14-43)27-11-15-49(2)37(53)20-27)52(32)41(56)35(24-50)47-40(55)28-5-4-26-6-7-31(19-29(26)18-28)44(45,46)62(58,59)60/h3-7,10-11,15,17-20,30,32-33,35H,8-9,12-14,16,21-24H2,1-2H3,(H,47,55)(H2,58,59,60)/t30-,32-,33+,35+/m1/s1. The van der Waals surface area contributed by atoms with Gasteiger partial charge in [0.05, 0.1) is 11.9 Å². The van der Waals surface area contributed by atoms with Gasteiger partial charge in [-0.15, -0.1) is 0 Å². The zero-order valence-corrected chi connectivity index (χ0v) is 34.9. The van der Waals surface area contributed by atoms with Crippen LogP contribution in [0.3, 0.4) is 0 Å². The summed E-state index contributed by atoms with van der Waals surface area (Å²) in [5.74, 6) is -1.82. The molecular formula is C44H45F2N6O9P. The Labute approximate surface area is 353 Å². The second-order valence-electron chi connectivity index (χ2n) is 17.3. The number of likely N-dealkylation sites (tertiary alicyclic amines) is 1. The van der Waals surface area contributed by atoms with Gasteiger partial charge in [0, 0.05) is 73.5 Å². The van der Waals surface area contributed by atoms with E-state index in [1.807, 2.05) is 24.0 Å². The van der Waals surface area contributed by atoms with E-state index in [-0.39, 0.29) is 65.1 Å². The number of amides is 4. The van der Waals surface area contributed by atoms with E-state index in [1.54, 1.807) is 36.3 Å². The molecule has 0 unspecified atom stereocenters. The Morgan fingerprint density at radius 2 is 1.74 bits per heavy atom. The van der Waals surface area contributed by atoms with Gasteiger partial charge >= 0.3 is 13.3 Å². The maximum absolute atomic E-state index is 14.9. The van der Waals surface area contributed by atoms with Crippen LogP contribution in [0.4, 0.5) is 8.78 Å². The van der Waals surface area contributed by atoms with Crippen LogP contribution in [0.2, 0.25) is 0 Å². The Morgan fingerprint density at radius 1 is 0.968 bits per heavy atom. The minimum Gasteiger partial charge on any atom is -0.355 e. The lowest BCUT2D eigenvalue weighted by Gasteiger charge is -2.39. The average molecular weight is 871 g/mol. The summed E-state index contributed by atoms with van der Waals surface area (Å²) in [6.45, 7) is 2.27. The molecule has 3 saturated heterocycles. The molecule has 5 aromatic rings. The van der Waals surface area contributed by atoms with Gasteiger partial charge in [0.25, 0.3) is 17.4 Å². The SMILES string of the molecule is Cc1ccc2onc(C(=O)N3CC[C@H]4CC[C@@H](CC(=O)N5C[C@H](c6ccn(C)c(=O)c6)CC56CC6)N4C(=O)[C@@H](NC(=O)c4ccc5ccc(C(F)(F)P(=O)(O)O)cc5c4)C3)c2c1. The molecule has 4 fully saturated rings. The number of alkyl halides is 2. The number of carbonyl (C=O) groups is 4. The van der Waals surface area contributed by atoms with Gasteiger partial charge in [0.2, 0.25) is 11.8 Å². The molecule has 0 bridgehead atoms. The summed E-state index contributed by atoms with van der Waals surface area (Å²) in [7, 11) is -4.18. The number of hydrogen-bond acceptors (Lipinski definition) is 8. The van der Waals surface area contributed by atoms with Crippen molar-refractivity contribution in [3.05, 3.63) is 111 Å². The summed E-state index contributed by atoms with van der Waals surface area (Å²) < 4.78 is 48.0. The molecule has 4 amide bonds. The molecule has 1 spiro atoms. The highest BCUT2D eigenvalue weighted by Crippen LogP contribution is 2.59. The number of benzene rings is 3. The summed E-state index contributed by atoms with van der Waals surface area (Å²) in [5, 5.41) is 7.88. The number of carbonyl (C=O) groups excluding carboxylic acids is 4. The van der Waals surface area contributed by atoms with Gasteiger partial charge in [-0.3, -0.25) is 28.5 Å². The molecule has 1 saturated carbocycles. The van der Waals surface area contributed by atoms with Crippen molar-refractivity contribution in [2.24, 2.45) is 7.05 Å². The van der Waals surface area contributed by atoms with Gasteiger partial charge in [-0.25, -0.2) is 0 Å². The summed E-state index contributed by atoms with van der Waals surface area (Å²) in [5.41, 5.74) is -3.60. The van der Waals surface area contributed by atoms with Crippen LogP contribution >= 0.6 is 7.60 Å². The van der Waals surface area contributed by atoms with Crippen LogP contribution in [0, 0.1) is 6.92 Å². The summed E-state index contributed by atoms with van der Waals surface area (Å²) in [4.78, 5) is 93.7. The molecule has 15 nitrogen and oxygen atoms in total. The van der Waals surface area contributed by atoms with Crippen molar-refractivity contribution < 1.29 is 46.8 Å². The predicted molar refractivity (Wildman–Crippen MR) is 221 cm³/mol. The van der Waals surface area contributed by atoms with Gasteiger partial charge in [-0.1, -0.05) is 35.0 Å². The molecule has 0 radical (unpaired) electrons. The van der Waals surface area contributed by atoms with Crippen LogP contribution in [-0.2, 0) is 26.9 Å². The number of hydrogen-bond donors (Lipinski definition) is 3. The van der Waals surface area contributed by atoms with E-state index in [0.29, 0.717) is 42.2 Å². The fraction of sp³-hybridized carbons (Fsp3) is 0.409. The highest BCUT2D eigenvalue weighted by atomic mass is 31.2. The number of halogens is 2. The Morgan fingerprint density at radius 3 is 2.48 bits per heavy atom. The molecule has 3 aliphatic heterocycles. The fourth-order valence-corrected chi connectivity index (χ4v) is 10.2. The topological polar surface area (TPSA) is 196 Å². The zero-order valence-electron chi connectivity index (χ0n) is 34.0. The van der Waals surface area contributed by atoms with E-state index in [1.165, 1.54) is 33.7 Å². The van der Waals surface area contributed by atoms with E-state index >= 15 is 0 Å². The normalized spacial score (nSPS) is 22.5. The van der Waals surface area contributed by atoms with E-state index in [0.717, 1.165) is 42.5 Å². The number of nitrogens with zero attached hydrogens (tertiary/aromatic N) is 5. The van der Waals surface area contributed by atoms with E-state index in [2.05, 4.69) is 10.5 Å². The number of pyridine rings is 1. The molecule has 9 rings (SSSR count). The maximum Gasteiger partial charge on any atom is 0.399 e. The number of aromatic nitrogens is 2. The first-order valence-electron chi connectivity index (χ1n) is 20.7. The van der Waals surface area contributed by atoms with Crippen molar-refractivity contribution in [3.8, 4) is 0 Å². The third kappa shape index (κ3) is 7.39. The molecule has 2 aromatic heterocycles. The Kier molecular flexibility index (Phi) is 10.2. The lowest BCUT2D eigenvalue weighted by Crippen LogP contribution is -2.60. The fourth-order valence-electron chi connectivity index (χ4n) is 9.70. The van der Waals surface area contributed by atoms with Crippen molar-refractivity contribution in [2.45, 2.75) is 87.1 Å². The number of nitrogens with one attached hydrogen (secondary N) is 1. The second kappa shape index (κ2) is 15.2. The Hall–Kier alpha value is -5.77. The second-order valence-corrected chi connectivity index (χ2v) is 19.0. The quantitative estimate of drug-likeness (QED) is 0.175. The van der Waals surface area contributed by atoms with Crippen LogP contribution < -0.4 is 10.9 Å². The van der Waals surface area contributed by atoms with E-state index in [4.69, 9.17) is 4.52 Å². The van der Waals surface area contributed by atoms with Crippen molar-refractivity contribution in [2.75, 3.05) is 19.6 Å². The predicted octanol–water partition coefficient (Wildman–Crippen LogP) is 5.16. The van der Waals surface area contributed by atoms with Gasteiger partial charge < -0.3 is 38.9 Å². The Balaban J connectivity index is 0.996. The molecule has 1 aliphatic carbocycles. The number of aryl methyl sites for hydroxylation is 2. The molecule has 18 heteroatoms.